The lowest BCUT2D eigenvalue weighted by Gasteiger charge is -2.07. The number of rotatable bonds is 6. The molecule has 0 atom stereocenters. The van der Waals surface area contributed by atoms with E-state index in [9.17, 15) is 4.79 Å². The molecule has 0 bridgehead atoms. The number of benzene rings is 2. The Morgan fingerprint density at radius 2 is 1.50 bits per heavy atom. The maximum absolute atomic E-state index is 12.8. The molecule has 8 nitrogen and oxygen atoms in total. The first kappa shape index (κ1) is 19.7. The molecule has 0 aliphatic carbocycles. The van der Waals surface area contributed by atoms with Crippen LogP contribution in [0, 0.1) is 0 Å². The van der Waals surface area contributed by atoms with Crippen LogP contribution in [0.25, 0.3) is 22.4 Å². The van der Waals surface area contributed by atoms with Gasteiger partial charge in [0.1, 0.15) is 0 Å². The van der Waals surface area contributed by atoms with E-state index in [0.717, 1.165) is 11.1 Å². The van der Waals surface area contributed by atoms with Crippen LogP contribution < -0.4 is 29.0 Å². The molecule has 0 amide bonds. The summed E-state index contributed by atoms with van der Waals surface area (Å²) in [6.07, 6.45) is 1.78. The fourth-order valence-corrected chi connectivity index (χ4v) is 3.93. The second-order valence-corrected chi connectivity index (χ2v) is 7.24. The van der Waals surface area contributed by atoms with Crippen LogP contribution in [-0.2, 0) is 0 Å². The monoisotopic (exact) mass is 425 g/mol. The molecule has 30 heavy (non-hydrogen) atoms. The van der Waals surface area contributed by atoms with Crippen molar-refractivity contribution >= 4 is 22.4 Å². The van der Waals surface area contributed by atoms with Gasteiger partial charge >= 0.3 is 0 Å². The number of methoxy groups -OCH3 is 4. The number of hydrogen-bond acceptors (Lipinski definition) is 8. The molecule has 0 spiro atoms. The van der Waals surface area contributed by atoms with Gasteiger partial charge in [-0.3, -0.25) is 4.79 Å². The first-order chi connectivity index (χ1) is 14.6. The van der Waals surface area contributed by atoms with Gasteiger partial charge in [0, 0.05) is 5.56 Å². The van der Waals surface area contributed by atoms with Crippen molar-refractivity contribution in [2.24, 2.45) is 0 Å². The highest BCUT2D eigenvalue weighted by Crippen LogP contribution is 2.31. The van der Waals surface area contributed by atoms with Crippen molar-refractivity contribution in [3.05, 3.63) is 56.8 Å². The molecule has 0 radical (unpaired) electrons. The molecule has 0 saturated heterocycles. The van der Waals surface area contributed by atoms with E-state index in [2.05, 4.69) is 10.1 Å². The number of aromatic nitrogens is 3. The normalized spacial score (nSPS) is 11.7. The Bertz CT molecular complexity index is 1330. The molecule has 4 aromatic rings. The van der Waals surface area contributed by atoms with E-state index in [1.54, 1.807) is 52.7 Å². The Morgan fingerprint density at radius 3 is 2.13 bits per heavy atom. The Balaban J connectivity index is 1.75. The molecule has 2 heterocycles. The summed E-state index contributed by atoms with van der Waals surface area (Å²) in [5.74, 6) is 2.83. The SMILES string of the molecule is COc1ccc(/C=c2\sc3nc(-c4ccc(OC)c(OC)c4)nn3c2=O)cc1OC. The van der Waals surface area contributed by atoms with Gasteiger partial charge in [-0.1, -0.05) is 17.4 Å². The zero-order valence-corrected chi connectivity index (χ0v) is 17.6. The summed E-state index contributed by atoms with van der Waals surface area (Å²) in [7, 11) is 6.28. The smallest absolute Gasteiger partial charge is 0.291 e. The van der Waals surface area contributed by atoms with E-state index in [-0.39, 0.29) is 5.56 Å². The third-order valence-electron chi connectivity index (χ3n) is 4.53. The number of hydrogen-bond donors (Lipinski definition) is 0. The highest BCUT2D eigenvalue weighted by molar-refractivity contribution is 7.15. The minimum Gasteiger partial charge on any atom is -0.493 e. The van der Waals surface area contributed by atoms with Crippen LogP contribution in [-0.4, -0.2) is 43.0 Å². The topological polar surface area (TPSA) is 84.2 Å². The average molecular weight is 425 g/mol. The molecule has 4 rings (SSSR count). The second-order valence-electron chi connectivity index (χ2n) is 6.23. The Kier molecular flexibility index (Phi) is 5.28. The van der Waals surface area contributed by atoms with Crippen molar-refractivity contribution in [1.82, 2.24) is 14.6 Å². The van der Waals surface area contributed by atoms with Crippen LogP contribution in [0.3, 0.4) is 0 Å². The van der Waals surface area contributed by atoms with E-state index in [0.29, 0.717) is 38.3 Å². The molecule has 2 aromatic carbocycles. The van der Waals surface area contributed by atoms with Crippen molar-refractivity contribution in [2.45, 2.75) is 0 Å². The minimum absolute atomic E-state index is 0.232. The van der Waals surface area contributed by atoms with E-state index >= 15 is 0 Å². The van der Waals surface area contributed by atoms with E-state index in [1.807, 2.05) is 18.2 Å². The van der Waals surface area contributed by atoms with Crippen LogP contribution in [0.15, 0.2) is 41.2 Å². The lowest BCUT2D eigenvalue weighted by atomic mass is 10.2. The standard InChI is InChI=1S/C21H19N3O5S/c1-26-14-7-5-12(9-16(14)28-3)10-18-20(25)24-21(30-18)22-19(23-24)13-6-8-15(27-2)17(11-13)29-4/h5-11H,1-4H3/b18-10-. The third-order valence-corrected chi connectivity index (χ3v) is 5.49. The summed E-state index contributed by atoms with van der Waals surface area (Å²) in [6.45, 7) is 0. The minimum atomic E-state index is -0.232. The Hall–Kier alpha value is -3.59. The van der Waals surface area contributed by atoms with Crippen molar-refractivity contribution < 1.29 is 18.9 Å². The fourth-order valence-electron chi connectivity index (χ4n) is 3.03. The number of fused-ring (bicyclic) bond motifs is 1. The largest absolute Gasteiger partial charge is 0.493 e. The average Bonchev–Trinajstić information content (AvgIpc) is 3.32. The molecule has 2 aromatic heterocycles. The molecule has 9 heteroatoms. The van der Waals surface area contributed by atoms with Crippen LogP contribution >= 0.6 is 11.3 Å². The van der Waals surface area contributed by atoms with Crippen LogP contribution in [0.1, 0.15) is 5.56 Å². The molecule has 0 aliphatic heterocycles. The van der Waals surface area contributed by atoms with Crippen LogP contribution in [0.2, 0.25) is 0 Å². The van der Waals surface area contributed by atoms with E-state index in [1.165, 1.54) is 15.9 Å². The van der Waals surface area contributed by atoms with Gasteiger partial charge in [0.05, 0.1) is 33.0 Å². The predicted octanol–water partition coefficient (Wildman–Crippen LogP) is 2.40. The number of ether oxygens (including phenoxy) is 4. The summed E-state index contributed by atoms with van der Waals surface area (Å²) >= 11 is 1.27. The Labute approximate surface area is 175 Å². The van der Waals surface area contributed by atoms with Gasteiger partial charge < -0.3 is 18.9 Å². The van der Waals surface area contributed by atoms with Gasteiger partial charge in [-0.05, 0) is 42.0 Å². The summed E-state index contributed by atoms with van der Waals surface area (Å²) in [5, 5.41) is 4.38. The first-order valence-electron chi connectivity index (χ1n) is 8.93. The summed E-state index contributed by atoms with van der Waals surface area (Å²) in [4.78, 5) is 17.8. The molecule has 0 aliphatic rings. The lowest BCUT2D eigenvalue weighted by Crippen LogP contribution is -2.23. The predicted molar refractivity (Wildman–Crippen MR) is 114 cm³/mol. The van der Waals surface area contributed by atoms with Crippen molar-refractivity contribution in [3.63, 3.8) is 0 Å². The molecular formula is C21H19N3O5S. The third kappa shape index (κ3) is 3.43. The lowest BCUT2D eigenvalue weighted by molar-refractivity contribution is 0.355. The summed E-state index contributed by atoms with van der Waals surface area (Å²) in [5.41, 5.74) is 1.31. The zero-order chi connectivity index (χ0) is 21.3. The van der Waals surface area contributed by atoms with Gasteiger partial charge in [0.25, 0.3) is 5.56 Å². The molecule has 0 fully saturated rings. The van der Waals surface area contributed by atoms with Crippen molar-refractivity contribution in [3.8, 4) is 34.4 Å². The molecule has 0 unspecified atom stereocenters. The fraction of sp³-hybridized carbons (Fsp3) is 0.190. The van der Waals surface area contributed by atoms with E-state index < -0.39 is 0 Å². The number of nitrogens with zero attached hydrogens (tertiary/aromatic N) is 3. The van der Waals surface area contributed by atoms with Gasteiger partial charge in [-0.15, -0.1) is 5.10 Å². The quantitative estimate of drug-likeness (QED) is 0.469. The zero-order valence-electron chi connectivity index (χ0n) is 16.8. The van der Waals surface area contributed by atoms with Gasteiger partial charge in [-0.25, -0.2) is 0 Å². The molecule has 0 saturated carbocycles. The molecule has 154 valence electrons. The molecular weight excluding hydrogens is 406 g/mol. The van der Waals surface area contributed by atoms with Gasteiger partial charge in [0.15, 0.2) is 28.8 Å². The van der Waals surface area contributed by atoms with E-state index in [4.69, 9.17) is 18.9 Å². The van der Waals surface area contributed by atoms with Gasteiger partial charge in [0.2, 0.25) is 4.96 Å². The summed E-state index contributed by atoms with van der Waals surface area (Å²) < 4.78 is 23.0. The van der Waals surface area contributed by atoms with Gasteiger partial charge in [-0.2, -0.15) is 9.50 Å². The maximum atomic E-state index is 12.8. The Morgan fingerprint density at radius 1 is 0.867 bits per heavy atom. The second kappa shape index (κ2) is 8.03. The maximum Gasteiger partial charge on any atom is 0.291 e. The highest BCUT2D eigenvalue weighted by atomic mass is 32.1. The van der Waals surface area contributed by atoms with Crippen molar-refractivity contribution in [2.75, 3.05) is 28.4 Å². The van der Waals surface area contributed by atoms with Crippen LogP contribution in [0.5, 0.6) is 23.0 Å². The van der Waals surface area contributed by atoms with Crippen molar-refractivity contribution in [1.29, 1.82) is 0 Å². The first-order valence-corrected chi connectivity index (χ1v) is 9.75. The summed E-state index contributed by atoms with van der Waals surface area (Å²) in [6, 6.07) is 10.8. The highest BCUT2D eigenvalue weighted by Gasteiger charge is 2.14. The molecule has 0 N–H and O–H groups in total. The number of thiazole rings is 1. The van der Waals surface area contributed by atoms with Crippen LogP contribution in [0.4, 0.5) is 0 Å².